The monoisotopic (exact) mass is 375 g/mol. The molecule has 0 aliphatic carbocycles. The maximum Gasteiger partial charge on any atom is 0.404 e. The van der Waals surface area contributed by atoms with E-state index in [1.54, 1.807) is 36.4 Å². The Labute approximate surface area is 147 Å². The van der Waals surface area contributed by atoms with Crippen molar-refractivity contribution in [3.8, 4) is 17.2 Å². The van der Waals surface area contributed by atoms with E-state index in [1.165, 1.54) is 0 Å². The second-order valence-corrected chi connectivity index (χ2v) is 5.57. The largest absolute Gasteiger partial charge is 0.490 e. The molecule has 0 unspecified atom stereocenters. The zero-order chi connectivity index (χ0) is 16.8. The molecule has 0 radical (unpaired) electrons. The zero-order valence-corrected chi connectivity index (χ0v) is 14.0. The predicted molar refractivity (Wildman–Crippen MR) is 89.5 cm³/mol. The molecule has 2 aromatic rings. The van der Waals surface area contributed by atoms with Crippen LogP contribution in [0.15, 0.2) is 36.4 Å². The van der Waals surface area contributed by atoms with Crippen LogP contribution in [-0.4, -0.2) is 24.4 Å². The fraction of sp³-hybridized carbons (Fsp3) is 0.133. The van der Waals surface area contributed by atoms with Gasteiger partial charge in [-0.05, 0) is 24.3 Å². The summed E-state index contributed by atoms with van der Waals surface area (Å²) >= 11 is 17.9. The first-order valence-electron chi connectivity index (χ1n) is 6.48. The van der Waals surface area contributed by atoms with Gasteiger partial charge in [0.25, 0.3) is 0 Å². The third-order valence-electron chi connectivity index (χ3n) is 2.67. The number of carbonyl (C=O) groups is 1. The molecule has 2 aromatic carbocycles. The number of carboxylic acid groups (broad SMARTS) is 1. The van der Waals surface area contributed by atoms with Crippen molar-refractivity contribution in [1.29, 1.82) is 0 Å². The molecule has 0 aliphatic rings. The molecule has 0 saturated carbocycles. The summed E-state index contributed by atoms with van der Waals surface area (Å²) in [5, 5.41) is 11.8. The Bertz CT molecular complexity index is 709. The number of rotatable bonds is 6. The van der Waals surface area contributed by atoms with E-state index in [1.807, 2.05) is 0 Å². The Balaban J connectivity index is 1.98. The molecule has 0 fully saturated rings. The summed E-state index contributed by atoms with van der Waals surface area (Å²) in [5.41, 5.74) is 0. The van der Waals surface area contributed by atoms with Gasteiger partial charge in [-0.25, -0.2) is 4.79 Å². The first kappa shape index (κ1) is 17.5. The van der Waals surface area contributed by atoms with E-state index in [4.69, 9.17) is 49.4 Å². The van der Waals surface area contributed by atoms with Crippen molar-refractivity contribution >= 4 is 40.9 Å². The van der Waals surface area contributed by atoms with E-state index in [2.05, 4.69) is 5.32 Å². The van der Waals surface area contributed by atoms with Crippen LogP contribution in [0.5, 0.6) is 17.2 Å². The van der Waals surface area contributed by atoms with Crippen LogP contribution >= 0.6 is 34.8 Å². The van der Waals surface area contributed by atoms with Gasteiger partial charge in [-0.2, -0.15) is 0 Å². The topological polar surface area (TPSA) is 67.8 Å². The van der Waals surface area contributed by atoms with E-state index >= 15 is 0 Å². The highest BCUT2D eigenvalue weighted by molar-refractivity contribution is 6.42. The molecule has 0 spiro atoms. The van der Waals surface area contributed by atoms with Gasteiger partial charge >= 0.3 is 6.09 Å². The molecule has 5 nitrogen and oxygen atoms in total. The van der Waals surface area contributed by atoms with Gasteiger partial charge in [0.1, 0.15) is 23.9 Å². The summed E-state index contributed by atoms with van der Waals surface area (Å²) < 4.78 is 11.0. The highest BCUT2D eigenvalue weighted by Gasteiger charge is 2.07. The molecule has 0 aromatic heterocycles. The maximum absolute atomic E-state index is 10.3. The molecule has 0 aliphatic heterocycles. The van der Waals surface area contributed by atoms with Crippen molar-refractivity contribution in [3.05, 3.63) is 51.5 Å². The van der Waals surface area contributed by atoms with E-state index in [0.717, 1.165) is 0 Å². The maximum atomic E-state index is 10.3. The molecular weight excluding hydrogens is 365 g/mol. The number of nitrogens with one attached hydrogen (secondary N) is 1. The second kappa shape index (κ2) is 8.15. The Morgan fingerprint density at radius 1 is 1.00 bits per heavy atom. The molecule has 0 bridgehead atoms. The van der Waals surface area contributed by atoms with Crippen LogP contribution in [0.2, 0.25) is 15.1 Å². The number of ether oxygens (including phenoxy) is 2. The van der Waals surface area contributed by atoms with Crippen LogP contribution in [-0.2, 0) is 0 Å². The van der Waals surface area contributed by atoms with Gasteiger partial charge in [0.05, 0.1) is 21.6 Å². The van der Waals surface area contributed by atoms with E-state index in [9.17, 15) is 4.79 Å². The first-order valence-corrected chi connectivity index (χ1v) is 7.61. The molecule has 0 heterocycles. The Morgan fingerprint density at radius 3 is 2.26 bits per heavy atom. The van der Waals surface area contributed by atoms with Gasteiger partial charge in [0, 0.05) is 12.1 Å². The number of benzene rings is 2. The van der Waals surface area contributed by atoms with Gasteiger partial charge < -0.3 is 19.9 Å². The number of hydrogen-bond acceptors (Lipinski definition) is 3. The summed E-state index contributed by atoms with van der Waals surface area (Å²) in [7, 11) is 0. The lowest BCUT2D eigenvalue weighted by atomic mass is 10.3. The Morgan fingerprint density at radius 2 is 1.65 bits per heavy atom. The fourth-order valence-electron chi connectivity index (χ4n) is 1.66. The van der Waals surface area contributed by atoms with Crippen molar-refractivity contribution in [3.63, 3.8) is 0 Å². The van der Waals surface area contributed by atoms with Crippen LogP contribution in [0.3, 0.4) is 0 Å². The van der Waals surface area contributed by atoms with Crippen LogP contribution in [0.25, 0.3) is 0 Å². The lowest BCUT2D eigenvalue weighted by molar-refractivity contribution is 0.191. The highest BCUT2D eigenvalue weighted by Crippen LogP contribution is 2.33. The summed E-state index contributed by atoms with van der Waals surface area (Å²) in [6.07, 6.45) is -1.11. The summed E-state index contributed by atoms with van der Waals surface area (Å²) in [6, 6.07) is 9.81. The van der Waals surface area contributed by atoms with Gasteiger partial charge in [0.15, 0.2) is 0 Å². The first-order chi connectivity index (χ1) is 11.0. The SMILES string of the molecule is O=C(O)NCCOc1ccc(Oc2ccc(Cl)c(Cl)c2)cc1Cl. The number of halogens is 3. The molecule has 0 atom stereocenters. The molecule has 122 valence electrons. The van der Waals surface area contributed by atoms with Gasteiger partial charge in [-0.15, -0.1) is 0 Å². The molecule has 2 N–H and O–H groups in total. The molecular formula is C15H12Cl3NO4. The van der Waals surface area contributed by atoms with Crippen molar-refractivity contribution in [2.24, 2.45) is 0 Å². The minimum Gasteiger partial charge on any atom is -0.490 e. The molecule has 8 heteroatoms. The Kier molecular flexibility index (Phi) is 6.21. The van der Waals surface area contributed by atoms with Crippen LogP contribution in [0.1, 0.15) is 0 Å². The Hall–Kier alpha value is -1.82. The molecule has 2 rings (SSSR count). The van der Waals surface area contributed by atoms with Crippen molar-refractivity contribution in [1.82, 2.24) is 5.32 Å². The van der Waals surface area contributed by atoms with Crippen LogP contribution < -0.4 is 14.8 Å². The van der Waals surface area contributed by atoms with E-state index in [-0.39, 0.29) is 13.2 Å². The molecule has 0 saturated heterocycles. The summed E-state index contributed by atoms with van der Waals surface area (Å²) in [5.74, 6) is 1.46. The number of hydrogen-bond donors (Lipinski definition) is 2. The molecule has 23 heavy (non-hydrogen) atoms. The lowest BCUT2D eigenvalue weighted by Crippen LogP contribution is -2.26. The third-order valence-corrected chi connectivity index (χ3v) is 3.70. The number of amides is 1. The van der Waals surface area contributed by atoms with Crippen molar-refractivity contribution < 1.29 is 19.4 Å². The standard InChI is InChI=1S/C15H12Cl3NO4/c16-11-3-1-9(7-12(11)17)23-10-2-4-14(13(18)8-10)22-6-5-19-15(20)21/h1-4,7-8,19H,5-6H2,(H,20,21). The minimum atomic E-state index is -1.11. The fourth-order valence-corrected chi connectivity index (χ4v) is 2.17. The summed E-state index contributed by atoms with van der Waals surface area (Å²) in [4.78, 5) is 10.3. The molecule has 1 amide bonds. The summed E-state index contributed by atoms with van der Waals surface area (Å²) in [6.45, 7) is 0.326. The van der Waals surface area contributed by atoms with E-state index < -0.39 is 6.09 Å². The normalized spacial score (nSPS) is 10.2. The highest BCUT2D eigenvalue weighted by atomic mass is 35.5. The minimum absolute atomic E-state index is 0.160. The quantitative estimate of drug-likeness (QED) is 0.689. The van der Waals surface area contributed by atoms with Gasteiger partial charge in [0.2, 0.25) is 0 Å². The zero-order valence-electron chi connectivity index (χ0n) is 11.7. The lowest BCUT2D eigenvalue weighted by Gasteiger charge is -2.11. The van der Waals surface area contributed by atoms with Crippen LogP contribution in [0, 0.1) is 0 Å². The average molecular weight is 377 g/mol. The average Bonchev–Trinajstić information content (AvgIpc) is 2.49. The van der Waals surface area contributed by atoms with Crippen LogP contribution in [0.4, 0.5) is 4.79 Å². The predicted octanol–water partition coefficient (Wildman–Crippen LogP) is 5.09. The van der Waals surface area contributed by atoms with Gasteiger partial charge in [-0.3, -0.25) is 0 Å². The smallest absolute Gasteiger partial charge is 0.404 e. The second-order valence-electron chi connectivity index (χ2n) is 4.35. The van der Waals surface area contributed by atoms with Crippen molar-refractivity contribution in [2.45, 2.75) is 0 Å². The van der Waals surface area contributed by atoms with E-state index in [0.29, 0.717) is 32.3 Å². The third kappa shape index (κ3) is 5.39. The van der Waals surface area contributed by atoms with Gasteiger partial charge in [-0.1, -0.05) is 34.8 Å². The van der Waals surface area contributed by atoms with Crippen molar-refractivity contribution in [2.75, 3.05) is 13.2 Å².